The molecule has 2 aromatic rings. The van der Waals surface area contributed by atoms with Gasteiger partial charge in [-0.2, -0.15) is 0 Å². The molecule has 0 aliphatic carbocycles. The lowest BCUT2D eigenvalue weighted by molar-refractivity contribution is -0.127. The molecule has 0 atom stereocenters. The van der Waals surface area contributed by atoms with Crippen molar-refractivity contribution in [2.24, 2.45) is 5.73 Å². The third-order valence-electron chi connectivity index (χ3n) is 3.26. The van der Waals surface area contributed by atoms with Gasteiger partial charge < -0.3 is 5.73 Å². The zero-order valence-corrected chi connectivity index (χ0v) is 12.3. The molecule has 0 saturated carbocycles. The average Bonchev–Trinajstić information content (AvgIpc) is 2.74. The van der Waals surface area contributed by atoms with Gasteiger partial charge in [-0.05, 0) is 40.2 Å². The molecular formula is C16H12N2O3S. The molecule has 2 aromatic carbocycles. The van der Waals surface area contributed by atoms with Crippen LogP contribution in [0.3, 0.4) is 0 Å². The smallest absolute Gasteiger partial charge is 0.294 e. The van der Waals surface area contributed by atoms with Gasteiger partial charge in [0.05, 0.1) is 4.91 Å². The molecule has 3 rings (SSSR count). The lowest BCUT2D eigenvalue weighted by atomic mass is 10.1. The highest BCUT2D eigenvalue weighted by molar-refractivity contribution is 8.18. The highest BCUT2D eigenvalue weighted by atomic mass is 32.2. The van der Waals surface area contributed by atoms with Gasteiger partial charge in [-0.25, -0.2) is 0 Å². The summed E-state index contributed by atoms with van der Waals surface area (Å²) in [7, 11) is 0. The van der Waals surface area contributed by atoms with E-state index in [9.17, 15) is 14.4 Å². The number of hydrogen-bond acceptors (Lipinski definition) is 4. The van der Waals surface area contributed by atoms with E-state index in [1.807, 2.05) is 42.5 Å². The van der Waals surface area contributed by atoms with Gasteiger partial charge in [0.2, 0.25) is 5.91 Å². The number of benzene rings is 2. The summed E-state index contributed by atoms with van der Waals surface area (Å²) in [6.45, 7) is -0.389. The van der Waals surface area contributed by atoms with Crippen molar-refractivity contribution in [2.45, 2.75) is 0 Å². The average molecular weight is 312 g/mol. The van der Waals surface area contributed by atoms with Crippen LogP contribution in [-0.2, 0) is 9.59 Å². The van der Waals surface area contributed by atoms with E-state index in [0.29, 0.717) is 4.91 Å². The molecule has 0 unspecified atom stereocenters. The lowest BCUT2D eigenvalue weighted by Crippen LogP contribution is -2.36. The van der Waals surface area contributed by atoms with Gasteiger partial charge in [0.1, 0.15) is 6.54 Å². The molecule has 1 fully saturated rings. The number of nitrogens with zero attached hydrogens (tertiary/aromatic N) is 1. The Labute approximate surface area is 130 Å². The zero-order chi connectivity index (χ0) is 15.7. The Morgan fingerprint density at radius 3 is 2.59 bits per heavy atom. The number of fused-ring (bicyclic) bond motifs is 1. The topological polar surface area (TPSA) is 80.5 Å². The van der Waals surface area contributed by atoms with Crippen molar-refractivity contribution < 1.29 is 14.4 Å². The second kappa shape index (κ2) is 5.65. The maximum absolute atomic E-state index is 12.1. The molecular weight excluding hydrogens is 300 g/mol. The highest BCUT2D eigenvalue weighted by Gasteiger charge is 2.35. The van der Waals surface area contributed by atoms with E-state index < -0.39 is 17.1 Å². The van der Waals surface area contributed by atoms with Gasteiger partial charge in [0, 0.05) is 0 Å². The van der Waals surface area contributed by atoms with Crippen LogP contribution in [0.2, 0.25) is 0 Å². The summed E-state index contributed by atoms with van der Waals surface area (Å²) < 4.78 is 0. The first kappa shape index (κ1) is 14.3. The summed E-state index contributed by atoms with van der Waals surface area (Å²) >= 11 is 0.815. The number of rotatable bonds is 3. The zero-order valence-electron chi connectivity index (χ0n) is 11.5. The van der Waals surface area contributed by atoms with E-state index >= 15 is 0 Å². The molecule has 110 valence electrons. The fourth-order valence-electron chi connectivity index (χ4n) is 2.24. The maximum Gasteiger partial charge on any atom is 0.294 e. The standard InChI is InChI=1S/C16H12N2O3S/c17-14(19)9-18-15(20)13(22-16(18)21)8-10-5-6-11-3-1-2-4-12(11)7-10/h1-8H,9H2,(H2,17,19)/b13-8-. The van der Waals surface area contributed by atoms with Crippen molar-refractivity contribution in [2.75, 3.05) is 6.54 Å². The van der Waals surface area contributed by atoms with Crippen LogP contribution in [-0.4, -0.2) is 28.5 Å². The Morgan fingerprint density at radius 2 is 1.86 bits per heavy atom. The summed E-state index contributed by atoms with van der Waals surface area (Å²) in [4.78, 5) is 35.9. The predicted molar refractivity (Wildman–Crippen MR) is 85.8 cm³/mol. The number of carbonyl (C=O) groups is 3. The number of amides is 3. The van der Waals surface area contributed by atoms with E-state index in [0.717, 1.165) is 33.0 Å². The molecule has 5 nitrogen and oxygen atoms in total. The molecule has 3 amide bonds. The molecule has 1 heterocycles. The van der Waals surface area contributed by atoms with Crippen molar-refractivity contribution in [3.05, 3.63) is 52.9 Å². The van der Waals surface area contributed by atoms with Crippen LogP contribution >= 0.6 is 11.8 Å². The van der Waals surface area contributed by atoms with Crippen molar-refractivity contribution >= 4 is 45.7 Å². The van der Waals surface area contributed by atoms with Crippen LogP contribution in [0.5, 0.6) is 0 Å². The molecule has 0 radical (unpaired) electrons. The third-order valence-corrected chi connectivity index (χ3v) is 4.17. The van der Waals surface area contributed by atoms with Crippen molar-refractivity contribution in [3.8, 4) is 0 Å². The molecule has 0 spiro atoms. The minimum atomic E-state index is -0.714. The van der Waals surface area contributed by atoms with Crippen LogP contribution in [0.4, 0.5) is 4.79 Å². The minimum absolute atomic E-state index is 0.293. The van der Waals surface area contributed by atoms with E-state index in [1.165, 1.54) is 0 Å². The SMILES string of the molecule is NC(=O)CN1C(=O)S/C(=C\c2ccc3ccccc3c2)C1=O. The molecule has 2 N–H and O–H groups in total. The van der Waals surface area contributed by atoms with Crippen LogP contribution in [0, 0.1) is 0 Å². The van der Waals surface area contributed by atoms with Gasteiger partial charge in [0.25, 0.3) is 11.1 Å². The minimum Gasteiger partial charge on any atom is -0.368 e. The second-order valence-electron chi connectivity index (χ2n) is 4.84. The van der Waals surface area contributed by atoms with Gasteiger partial charge in [-0.3, -0.25) is 19.3 Å². The number of nitrogens with two attached hydrogens (primary N) is 1. The Bertz CT molecular complexity index is 829. The summed E-state index contributed by atoms with van der Waals surface area (Å²) in [5.74, 6) is -1.20. The normalized spacial score (nSPS) is 16.7. The van der Waals surface area contributed by atoms with E-state index in [4.69, 9.17) is 5.73 Å². The van der Waals surface area contributed by atoms with Crippen molar-refractivity contribution in [3.63, 3.8) is 0 Å². The fraction of sp³-hybridized carbons (Fsp3) is 0.0625. The highest BCUT2D eigenvalue weighted by Crippen LogP contribution is 2.32. The first-order valence-corrected chi connectivity index (χ1v) is 7.39. The van der Waals surface area contributed by atoms with Crippen molar-refractivity contribution in [1.82, 2.24) is 4.90 Å². The molecule has 6 heteroatoms. The molecule has 1 saturated heterocycles. The number of primary amides is 1. The van der Waals surface area contributed by atoms with Gasteiger partial charge in [-0.15, -0.1) is 0 Å². The Hall–Kier alpha value is -2.60. The first-order valence-electron chi connectivity index (χ1n) is 6.57. The molecule has 0 bridgehead atoms. The Morgan fingerprint density at radius 1 is 1.14 bits per heavy atom. The summed E-state index contributed by atoms with van der Waals surface area (Å²) in [5.41, 5.74) is 5.87. The van der Waals surface area contributed by atoms with E-state index in [1.54, 1.807) is 6.08 Å². The molecule has 1 aliphatic rings. The van der Waals surface area contributed by atoms with Gasteiger partial charge in [-0.1, -0.05) is 36.4 Å². The molecule has 1 aliphatic heterocycles. The number of thioether (sulfide) groups is 1. The van der Waals surface area contributed by atoms with E-state index in [2.05, 4.69) is 0 Å². The van der Waals surface area contributed by atoms with Crippen LogP contribution in [0.1, 0.15) is 5.56 Å². The Balaban J connectivity index is 1.92. The summed E-state index contributed by atoms with van der Waals surface area (Å²) in [6.07, 6.45) is 1.65. The fourth-order valence-corrected chi connectivity index (χ4v) is 3.08. The maximum atomic E-state index is 12.1. The molecule has 22 heavy (non-hydrogen) atoms. The van der Waals surface area contributed by atoms with Crippen LogP contribution in [0.15, 0.2) is 47.4 Å². The van der Waals surface area contributed by atoms with Gasteiger partial charge in [0.15, 0.2) is 0 Å². The third kappa shape index (κ3) is 2.73. The number of imide groups is 1. The number of hydrogen-bond donors (Lipinski definition) is 1. The van der Waals surface area contributed by atoms with Crippen LogP contribution in [0.25, 0.3) is 16.8 Å². The van der Waals surface area contributed by atoms with Gasteiger partial charge >= 0.3 is 0 Å². The largest absolute Gasteiger partial charge is 0.368 e. The van der Waals surface area contributed by atoms with Crippen molar-refractivity contribution in [1.29, 1.82) is 0 Å². The predicted octanol–water partition coefficient (Wildman–Crippen LogP) is 2.36. The molecule has 0 aromatic heterocycles. The Kier molecular flexibility index (Phi) is 3.68. The quantitative estimate of drug-likeness (QED) is 0.882. The van der Waals surface area contributed by atoms with E-state index in [-0.39, 0.29) is 6.54 Å². The lowest BCUT2D eigenvalue weighted by Gasteiger charge is -2.08. The number of carbonyl (C=O) groups excluding carboxylic acids is 3. The first-order chi connectivity index (χ1) is 10.5. The summed E-state index contributed by atoms with van der Waals surface area (Å²) in [6, 6.07) is 13.6. The van der Waals surface area contributed by atoms with Crippen LogP contribution < -0.4 is 5.73 Å². The second-order valence-corrected chi connectivity index (χ2v) is 5.83. The summed E-state index contributed by atoms with van der Waals surface area (Å²) in [5, 5.41) is 1.67. The monoisotopic (exact) mass is 312 g/mol.